The van der Waals surface area contributed by atoms with Crippen molar-refractivity contribution in [3.05, 3.63) is 70.9 Å². The molecule has 0 radical (unpaired) electrons. The highest BCUT2D eigenvalue weighted by atomic mass is 35.5. The summed E-state index contributed by atoms with van der Waals surface area (Å²) in [6, 6.07) is 16.3. The molecule has 0 saturated carbocycles. The first-order chi connectivity index (χ1) is 9.29. The number of nitrogens with one attached hydrogen (secondary N) is 1. The molecule has 3 N–H and O–H groups in total. The molecule has 0 bridgehead atoms. The maximum absolute atomic E-state index is 6.01. The van der Waals surface area contributed by atoms with E-state index in [-0.39, 0.29) is 5.92 Å². The molecule has 1 heterocycles. The Kier molecular flexibility index (Phi) is 3.28. The average Bonchev–Trinajstić information content (AvgIpc) is 2.84. The largest absolute Gasteiger partial charge is 0.361 e. The summed E-state index contributed by atoms with van der Waals surface area (Å²) in [5, 5.41) is 1.92. The number of hydrogen-bond donors (Lipinski definition) is 2. The number of halogens is 1. The molecule has 3 aromatic rings. The molecule has 0 aliphatic carbocycles. The van der Waals surface area contributed by atoms with Crippen LogP contribution in [0.1, 0.15) is 17.0 Å². The highest BCUT2D eigenvalue weighted by Gasteiger charge is 2.16. The molecule has 0 aliphatic heterocycles. The van der Waals surface area contributed by atoms with E-state index in [4.69, 9.17) is 17.3 Å². The van der Waals surface area contributed by atoms with Crippen LogP contribution in [0, 0.1) is 0 Å². The van der Waals surface area contributed by atoms with Gasteiger partial charge in [0.15, 0.2) is 0 Å². The molecule has 1 atom stereocenters. The fraction of sp³-hybridized carbons (Fsp3) is 0.125. The zero-order chi connectivity index (χ0) is 13.2. The molecule has 2 aromatic carbocycles. The molecule has 0 unspecified atom stereocenters. The van der Waals surface area contributed by atoms with Gasteiger partial charge in [-0.15, -0.1) is 0 Å². The van der Waals surface area contributed by atoms with Crippen LogP contribution in [0.2, 0.25) is 5.02 Å². The Morgan fingerprint density at radius 2 is 1.89 bits per heavy atom. The summed E-state index contributed by atoms with van der Waals surface area (Å²) in [6.45, 7) is 0.583. The van der Waals surface area contributed by atoms with Gasteiger partial charge in [-0.1, -0.05) is 48.0 Å². The van der Waals surface area contributed by atoms with Crippen LogP contribution in [-0.4, -0.2) is 11.5 Å². The Labute approximate surface area is 117 Å². The number of benzene rings is 2. The van der Waals surface area contributed by atoms with Crippen molar-refractivity contribution < 1.29 is 0 Å². The first kappa shape index (κ1) is 12.3. The van der Waals surface area contributed by atoms with E-state index in [1.807, 2.05) is 36.5 Å². The third-order valence-electron chi connectivity index (χ3n) is 3.49. The monoisotopic (exact) mass is 270 g/mol. The predicted molar refractivity (Wildman–Crippen MR) is 80.6 cm³/mol. The summed E-state index contributed by atoms with van der Waals surface area (Å²) in [6.07, 6.45) is 2.03. The van der Waals surface area contributed by atoms with Crippen LogP contribution < -0.4 is 5.73 Å². The molecule has 1 aromatic heterocycles. The molecule has 2 nitrogen and oxygen atoms in total. The van der Waals surface area contributed by atoms with Gasteiger partial charge in [-0.3, -0.25) is 0 Å². The first-order valence-corrected chi connectivity index (χ1v) is 6.69. The molecule has 0 fully saturated rings. The maximum Gasteiger partial charge on any atom is 0.0471 e. The third kappa shape index (κ3) is 2.25. The van der Waals surface area contributed by atoms with Gasteiger partial charge in [0.25, 0.3) is 0 Å². The quantitative estimate of drug-likeness (QED) is 0.744. The molecule has 0 amide bonds. The van der Waals surface area contributed by atoms with Crippen LogP contribution in [0.5, 0.6) is 0 Å². The topological polar surface area (TPSA) is 41.8 Å². The fourth-order valence-corrected chi connectivity index (χ4v) is 2.71. The number of nitrogens with two attached hydrogens (primary N) is 1. The lowest BCUT2D eigenvalue weighted by Gasteiger charge is -2.14. The average molecular weight is 271 g/mol. The molecule has 0 aliphatic rings. The van der Waals surface area contributed by atoms with E-state index >= 15 is 0 Å². The zero-order valence-corrected chi connectivity index (χ0v) is 11.2. The van der Waals surface area contributed by atoms with Gasteiger partial charge in [-0.05, 0) is 23.3 Å². The van der Waals surface area contributed by atoms with Crippen molar-refractivity contribution in [1.82, 2.24) is 4.98 Å². The van der Waals surface area contributed by atoms with Crippen molar-refractivity contribution in [1.29, 1.82) is 0 Å². The Morgan fingerprint density at radius 3 is 2.63 bits per heavy atom. The highest BCUT2D eigenvalue weighted by Crippen LogP contribution is 2.31. The lowest BCUT2D eigenvalue weighted by molar-refractivity contribution is 0.825. The van der Waals surface area contributed by atoms with E-state index in [0.29, 0.717) is 6.54 Å². The molecule has 3 rings (SSSR count). The zero-order valence-electron chi connectivity index (χ0n) is 10.4. The summed E-state index contributed by atoms with van der Waals surface area (Å²) < 4.78 is 0. The van der Waals surface area contributed by atoms with Crippen molar-refractivity contribution in [3.63, 3.8) is 0 Å². The molecular weight excluding hydrogens is 256 g/mol. The van der Waals surface area contributed by atoms with Crippen molar-refractivity contribution >= 4 is 22.5 Å². The third-order valence-corrected chi connectivity index (χ3v) is 3.72. The standard InChI is InChI=1S/C16H15ClN2/c17-12-6-7-13-15(10-19-16(13)8-12)14(9-18)11-4-2-1-3-5-11/h1-8,10,14,19H,9,18H2/t14-/m0/s1. The highest BCUT2D eigenvalue weighted by molar-refractivity contribution is 6.31. The molecule has 19 heavy (non-hydrogen) atoms. The summed E-state index contributed by atoms with van der Waals surface area (Å²) >= 11 is 6.01. The van der Waals surface area contributed by atoms with E-state index in [1.165, 1.54) is 16.5 Å². The van der Waals surface area contributed by atoms with Crippen LogP contribution in [-0.2, 0) is 0 Å². The number of hydrogen-bond acceptors (Lipinski definition) is 1. The number of fused-ring (bicyclic) bond motifs is 1. The second-order valence-corrected chi connectivity index (χ2v) is 5.07. The first-order valence-electron chi connectivity index (χ1n) is 6.31. The number of aromatic nitrogens is 1. The predicted octanol–water partition coefficient (Wildman–Crippen LogP) is 3.91. The minimum absolute atomic E-state index is 0.205. The van der Waals surface area contributed by atoms with Gasteiger partial charge in [0.05, 0.1) is 0 Å². The minimum atomic E-state index is 0.205. The Balaban J connectivity index is 2.12. The van der Waals surface area contributed by atoms with Crippen molar-refractivity contribution in [2.75, 3.05) is 6.54 Å². The van der Waals surface area contributed by atoms with Crippen LogP contribution in [0.25, 0.3) is 10.9 Å². The van der Waals surface area contributed by atoms with Crippen molar-refractivity contribution in [2.45, 2.75) is 5.92 Å². The van der Waals surface area contributed by atoms with Crippen LogP contribution >= 0.6 is 11.6 Å². The van der Waals surface area contributed by atoms with Gasteiger partial charge >= 0.3 is 0 Å². The second-order valence-electron chi connectivity index (χ2n) is 4.63. The van der Waals surface area contributed by atoms with Gasteiger partial charge in [-0.2, -0.15) is 0 Å². The van der Waals surface area contributed by atoms with Gasteiger partial charge in [0.2, 0.25) is 0 Å². The van der Waals surface area contributed by atoms with Gasteiger partial charge < -0.3 is 10.7 Å². The lowest BCUT2D eigenvalue weighted by atomic mass is 9.91. The smallest absolute Gasteiger partial charge is 0.0471 e. The fourth-order valence-electron chi connectivity index (χ4n) is 2.54. The normalized spacial score (nSPS) is 12.7. The minimum Gasteiger partial charge on any atom is -0.361 e. The van der Waals surface area contributed by atoms with E-state index in [2.05, 4.69) is 23.2 Å². The Morgan fingerprint density at radius 1 is 1.11 bits per heavy atom. The van der Waals surface area contributed by atoms with Crippen molar-refractivity contribution in [3.8, 4) is 0 Å². The Hall–Kier alpha value is -1.77. The van der Waals surface area contributed by atoms with Gasteiger partial charge in [-0.25, -0.2) is 0 Å². The van der Waals surface area contributed by atoms with Gasteiger partial charge in [0, 0.05) is 34.6 Å². The number of H-pyrrole nitrogens is 1. The Bertz CT molecular complexity index is 688. The summed E-state index contributed by atoms with van der Waals surface area (Å²) in [5.41, 5.74) is 9.49. The molecular formula is C16H15ClN2. The van der Waals surface area contributed by atoms with E-state index in [9.17, 15) is 0 Å². The molecule has 0 spiro atoms. The maximum atomic E-state index is 6.01. The lowest BCUT2D eigenvalue weighted by Crippen LogP contribution is -2.13. The molecule has 0 saturated heterocycles. The van der Waals surface area contributed by atoms with Crippen molar-refractivity contribution in [2.24, 2.45) is 5.73 Å². The van der Waals surface area contributed by atoms with E-state index in [1.54, 1.807) is 0 Å². The summed E-state index contributed by atoms with van der Waals surface area (Å²) in [4.78, 5) is 3.27. The van der Waals surface area contributed by atoms with Crippen LogP contribution in [0.15, 0.2) is 54.7 Å². The summed E-state index contributed by atoms with van der Waals surface area (Å²) in [7, 11) is 0. The SMILES string of the molecule is NC[C@@H](c1ccccc1)c1c[nH]c2cc(Cl)ccc12. The second kappa shape index (κ2) is 5.08. The van der Waals surface area contributed by atoms with E-state index < -0.39 is 0 Å². The summed E-state index contributed by atoms with van der Waals surface area (Å²) in [5.74, 6) is 0.205. The van der Waals surface area contributed by atoms with Crippen LogP contribution in [0.4, 0.5) is 0 Å². The van der Waals surface area contributed by atoms with Crippen LogP contribution in [0.3, 0.4) is 0 Å². The van der Waals surface area contributed by atoms with Gasteiger partial charge in [0.1, 0.15) is 0 Å². The van der Waals surface area contributed by atoms with E-state index in [0.717, 1.165) is 10.5 Å². The molecule has 3 heteroatoms. The number of rotatable bonds is 3. The molecule has 96 valence electrons. The number of aromatic amines is 1.